The minimum atomic E-state index is -3.52. The normalized spacial score (nSPS) is 15.0. The van der Waals surface area contributed by atoms with Gasteiger partial charge in [0.1, 0.15) is 0 Å². The number of rotatable bonds is 7. The summed E-state index contributed by atoms with van der Waals surface area (Å²) >= 11 is 5.84. The van der Waals surface area contributed by atoms with Gasteiger partial charge in [-0.05, 0) is 35.4 Å². The molecule has 0 aliphatic carbocycles. The van der Waals surface area contributed by atoms with E-state index in [1.54, 1.807) is 17.0 Å². The highest BCUT2D eigenvalue weighted by atomic mass is 35.5. The molecule has 0 atom stereocenters. The van der Waals surface area contributed by atoms with Gasteiger partial charge in [0, 0.05) is 37.6 Å². The minimum Gasteiger partial charge on any atom is -0.340 e. The zero-order valence-electron chi connectivity index (χ0n) is 18.3. The predicted molar refractivity (Wildman–Crippen MR) is 131 cm³/mol. The van der Waals surface area contributed by atoms with Crippen LogP contribution in [0.1, 0.15) is 23.6 Å². The largest absolute Gasteiger partial charge is 0.340 e. The molecule has 7 heteroatoms. The summed E-state index contributed by atoms with van der Waals surface area (Å²) in [7, 11) is -3.52. The van der Waals surface area contributed by atoms with Crippen molar-refractivity contribution >= 4 is 27.3 Å². The molecule has 33 heavy (non-hydrogen) atoms. The Morgan fingerprint density at radius 2 is 1.30 bits per heavy atom. The first-order valence-corrected chi connectivity index (χ1v) is 13.1. The Morgan fingerprint density at radius 1 is 0.788 bits per heavy atom. The summed E-state index contributed by atoms with van der Waals surface area (Å²) in [4.78, 5) is 17.1. The van der Waals surface area contributed by atoms with Crippen molar-refractivity contribution in [3.8, 4) is 0 Å². The number of hydrogen-bond acceptors (Lipinski definition) is 4. The monoisotopic (exact) mass is 482 g/mol. The van der Waals surface area contributed by atoms with Crippen molar-refractivity contribution in [1.29, 1.82) is 0 Å². The highest BCUT2D eigenvalue weighted by molar-refractivity contribution is 7.91. The SMILES string of the molecule is O=C(CCS(=O)(=O)c1ccc(Cl)cc1)N1CCN(C(c2ccccc2)c2ccccc2)CC1. The molecule has 5 nitrogen and oxygen atoms in total. The van der Waals surface area contributed by atoms with E-state index in [-0.39, 0.29) is 29.0 Å². The zero-order chi connectivity index (χ0) is 23.3. The summed E-state index contributed by atoms with van der Waals surface area (Å²) in [6.45, 7) is 2.61. The Kier molecular flexibility index (Phi) is 7.48. The summed E-state index contributed by atoms with van der Waals surface area (Å²) in [6, 6.07) is 26.9. The third-order valence-corrected chi connectivity index (χ3v) is 8.00. The van der Waals surface area contributed by atoms with E-state index in [2.05, 4.69) is 29.2 Å². The van der Waals surface area contributed by atoms with Gasteiger partial charge in [-0.15, -0.1) is 0 Å². The standard InChI is InChI=1S/C26H27ClN2O3S/c27-23-11-13-24(14-12-23)33(31,32)20-15-25(30)28-16-18-29(19-17-28)26(21-7-3-1-4-8-21)22-9-5-2-6-10-22/h1-14,26H,15-20H2. The average Bonchev–Trinajstić information content (AvgIpc) is 2.85. The maximum absolute atomic E-state index is 12.8. The van der Waals surface area contributed by atoms with Crippen LogP contribution in [0.25, 0.3) is 0 Å². The highest BCUT2D eigenvalue weighted by Gasteiger charge is 2.28. The van der Waals surface area contributed by atoms with Gasteiger partial charge in [0.05, 0.1) is 16.7 Å². The number of piperazine rings is 1. The molecule has 1 amide bonds. The van der Waals surface area contributed by atoms with Crippen LogP contribution in [0.4, 0.5) is 0 Å². The third-order valence-electron chi connectivity index (χ3n) is 6.02. The van der Waals surface area contributed by atoms with Gasteiger partial charge in [0.25, 0.3) is 0 Å². The van der Waals surface area contributed by atoms with Gasteiger partial charge in [0.15, 0.2) is 9.84 Å². The Bertz CT molecular complexity index is 1120. The smallest absolute Gasteiger partial charge is 0.223 e. The summed E-state index contributed by atoms with van der Waals surface area (Å²) < 4.78 is 25.1. The Morgan fingerprint density at radius 3 is 1.82 bits per heavy atom. The maximum Gasteiger partial charge on any atom is 0.223 e. The number of benzene rings is 3. The number of carbonyl (C=O) groups is 1. The molecule has 1 heterocycles. The second-order valence-corrected chi connectivity index (χ2v) is 10.7. The van der Waals surface area contributed by atoms with Gasteiger partial charge in [0.2, 0.25) is 5.91 Å². The van der Waals surface area contributed by atoms with Crippen LogP contribution < -0.4 is 0 Å². The van der Waals surface area contributed by atoms with Crippen molar-refractivity contribution in [2.45, 2.75) is 17.4 Å². The summed E-state index contributed by atoms with van der Waals surface area (Å²) in [5.74, 6) is -0.326. The van der Waals surface area contributed by atoms with Crippen LogP contribution in [-0.4, -0.2) is 56.1 Å². The molecule has 0 radical (unpaired) electrons. The Labute approximate surface area is 200 Å². The van der Waals surface area contributed by atoms with Crippen molar-refractivity contribution in [1.82, 2.24) is 9.80 Å². The van der Waals surface area contributed by atoms with E-state index in [1.807, 2.05) is 36.4 Å². The van der Waals surface area contributed by atoms with Gasteiger partial charge in [-0.25, -0.2) is 8.42 Å². The summed E-state index contributed by atoms with van der Waals surface area (Å²) in [5, 5.41) is 0.479. The second kappa shape index (κ2) is 10.5. The lowest BCUT2D eigenvalue weighted by atomic mass is 9.96. The first kappa shape index (κ1) is 23.5. The molecule has 3 aromatic carbocycles. The number of carbonyl (C=O) groups excluding carboxylic acids is 1. The number of sulfone groups is 1. The Hall–Kier alpha value is -2.67. The van der Waals surface area contributed by atoms with Gasteiger partial charge in [-0.2, -0.15) is 0 Å². The van der Waals surface area contributed by atoms with Crippen LogP contribution in [0.3, 0.4) is 0 Å². The summed E-state index contributed by atoms with van der Waals surface area (Å²) in [6.07, 6.45) is -0.0221. The third kappa shape index (κ3) is 5.82. The molecule has 0 saturated carbocycles. The van der Waals surface area contributed by atoms with Crippen molar-refractivity contribution in [2.75, 3.05) is 31.9 Å². The van der Waals surface area contributed by atoms with Crippen molar-refractivity contribution in [3.63, 3.8) is 0 Å². The van der Waals surface area contributed by atoms with Gasteiger partial charge in [-0.3, -0.25) is 9.69 Å². The number of hydrogen-bond donors (Lipinski definition) is 0. The van der Waals surface area contributed by atoms with Gasteiger partial charge in [-0.1, -0.05) is 72.3 Å². The fourth-order valence-electron chi connectivity index (χ4n) is 4.25. The first-order chi connectivity index (χ1) is 15.9. The van der Waals surface area contributed by atoms with Gasteiger partial charge >= 0.3 is 0 Å². The van der Waals surface area contributed by atoms with E-state index in [4.69, 9.17) is 11.6 Å². The highest BCUT2D eigenvalue weighted by Crippen LogP contribution is 2.29. The van der Waals surface area contributed by atoms with Crippen LogP contribution in [-0.2, 0) is 14.6 Å². The number of nitrogens with zero attached hydrogens (tertiary/aromatic N) is 2. The fraction of sp³-hybridized carbons (Fsp3) is 0.269. The number of halogens is 1. The maximum atomic E-state index is 12.8. The molecule has 1 fully saturated rings. The minimum absolute atomic E-state index is 0.0221. The molecule has 4 rings (SSSR count). The topological polar surface area (TPSA) is 57.7 Å². The van der Waals surface area contributed by atoms with Crippen molar-refractivity contribution < 1.29 is 13.2 Å². The van der Waals surface area contributed by atoms with Crippen LogP contribution in [0.2, 0.25) is 5.02 Å². The quantitative estimate of drug-likeness (QED) is 0.499. The first-order valence-electron chi connectivity index (χ1n) is 11.0. The molecular weight excluding hydrogens is 456 g/mol. The van der Waals surface area contributed by atoms with Crippen LogP contribution >= 0.6 is 11.6 Å². The van der Waals surface area contributed by atoms with E-state index in [0.717, 1.165) is 13.1 Å². The zero-order valence-corrected chi connectivity index (χ0v) is 19.9. The lowest BCUT2D eigenvalue weighted by molar-refractivity contribution is -0.132. The summed E-state index contributed by atoms with van der Waals surface area (Å²) in [5.41, 5.74) is 2.44. The van der Waals surface area contributed by atoms with Crippen LogP contribution in [0.5, 0.6) is 0 Å². The molecule has 0 aromatic heterocycles. The van der Waals surface area contributed by atoms with E-state index in [1.165, 1.54) is 23.3 Å². The van der Waals surface area contributed by atoms with Crippen molar-refractivity contribution in [2.24, 2.45) is 0 Å². The molecule has 1 aliphatic heterocycles. The van der Waals surface area contributed by atoms with E-state index in [0.29, 0.717) is 18.1 Å². The lowest BCUT2D eigenvalue weighted by Gasteiger charge is -2.39. The molecule has 172 valence electrons. The van der Waals surface area contributed by atoms with Crippen LogP contribution in [0.15, 0.2) is 89.8 Å². The molecular formula is C26H27ClN2O3S. The van der Waals surface area contributed by atoms with E-state index < -0.39 is 9.84 Å². The second-order valence-electron chi connectivity index (χ2n) is 8.16. The number of amides is 1. The molecule has 0 bridgehead atoms. The van der Waals surface area contributed by atoms with Crippen LogP contribution in [0, 0.1) is 0 Å². The molecule has 1 saturated heterocycles. The molecule has 0 N–H and O–H groups in total. The predicted octanol–water partition coefficient (Wildman–Crippen LogP) is 4.44. The fourth-order valence-corrected chi connectivity index (χ4v) is 5.61. The average molecular weight is 483 g/mol. The lowest BCUT2D eigenvalue weighted by Crippen LogP contribution is -2.50. The van der Waals surface area contributed by atoms with E-state index >= 15 is 0 Å². The Balaban J connectivity index is 1.38. The molecule has 0 spiro atoms. The molecule has 0 unspecified atom stereocenters. The van der Waals surface area contributed by atoms with E-state index in [9.17, 15) is 13.2 Å². The molecule has 3 aromatic rings. The van der Waals surface area contributed by atoms with Gasteiger partial charge < -0.3 is 4.90 Å². The van der Waals surface area contributed by atoms with Crippen molar-refractivity contribution in [3.05, 3.63) is 101 Å². The molecule has 1 aliphatic rings.